The van der Waals surface area contributed by atoms with Gasteiger partial charge in [-0.15, -0.1) is 0 Å². The van der Waals surface area contributed by atoms with Gasteiger partial charge in [-0.2, -0.15) is 0 Å². The zero-order valence-electron chi connectivity index (χ0n) is 18.5. The van der Waals surface area contributed by atoms with E-state index in [-0.39, 0.29) is 17.8 Å². The third kappa shape index (κ3) is 7.07. The highest BCUT2D eigenvalue weighted by atomic mass is 19.1. The van der Waals surface area contributed by atoms with Crippen molar-refractivity contribution >= 4 is 5.91 Å². The van der Waals surface area contributed by atoms with Gasteiger partial charge in [0.25, 0.3) is 5.91 Å². The lowest BCUT2D eigenvalue weighted by atomic mass is 10.1. The molecule has 0 aliphatic carbocycles. The number of nitrogens with one attached hydrogen (secondary N) is 2. The summed E-state index contributed by atoms with van der Waals surface area (Å²) in [4.78, 5) is 13.8. The van der Waals surface area contributed by atoms with Gasteiger partial charge in [0, 0.05) is 11.6 Å². The molecule has 3 aromatic rings. The van der Waals surface area contributed by atoms with Gasteiger partial charge >= 0.3 is 0 Å². The van der Waals surface area contributed by atoms with Gasteiger partial charge in [-0.3, -0.25) is 4.79 Å². The van der Waals surface area contributed by atoms with Gasteiger partial charge in [0.05, 0.1) is 6.04 Å². The Labute approximate surface area is 184 Å². The van der Waals surface area contributed by atoms with Crippen molar-refractivity contribution in [3.63, 3.8) is 0 Å². The van der Waals surface area contributed by atoms with Gasteiger partial charge in [0.15, 0.2) is 11.5 Å². The Kier molecular flexibility index (Phi) is 8.01. The molecule has 164 valence electrons. The highest BCUT2D eigenvalue weighted by molar-refractivity contribution is 5.91. The zero-order valence-corrected chi connectivity index (χ0v) is 18.5. The standard InChI is InChI=1S/C26H31FN2O2/c1-19(2)29(17-22-10-7-11-23(27)16-22)18-24-14-15-25(31-24)26(30)28-20(3)12-13-21-8-5-4-6-9-21/h4-11,14-16,19-20H,12-13,17-18H2,1-3H3,(H,28,30)/p+1/t20-/m0/s1. The molecular weight excluding hydrogens is 391 g/mol. The second kappa shape index (κ2) is 10.9. The van der Waals surface area contributed by atoms with E-state index in [4.69, 9.17) is 4.42 Å². The van der Waals surface area contributed by atoms with Crippen molar-refractivity contribution in [2.24, 2.45) is 0 Å². The molecule has 2 aromatic carbocycles. The predicted molar refractivity (Wildman–Crippen MR) is 120 cm³/mol. The monoisotopic (exact) mass is 423 g/mol. The number of halogens is 1. The highest BCUT2D eigenvalue weighted by Crippen LogP contribution is 2.10. The number of hydrogen-bond donors (Lipinski definition) is 2. The van der Waals surface area contributed by atoms with E-state index in [1.807, 2.05) is 37.3 Å². The summed E-state index contributed by atoms with van der Waals surface area (Å²) in [5.41, 5.74) is 2.21. The molecule has 1 unspecified atom stereocenters. The van der Waals surface area contributed by atoms with E-state index < -0.39 is 0 Å². The maximum Gasteiger partial charge on any atom is 0.287 e. The zero-order chi connectivity index (χ0) is 22.2. The minimum Gasteiger partial charge on any atom is -0.450 e. The van der Waals surface area contributed by atoms with Crippen LogP contribution in [0.3, 0.4) is 0 Å². The molecule has 3 rings (SSSR count). The molecule has 0 saturated carbocycles. The van der Waals surface area contributed by atoms with E-state index in [0.29, 0.717) is 24.9 Å². The van der Waals surface area contributed by atoms with Crippen molar-refractivity contribution in [2.45, 2.75) is 58.8 Å². The van der Waals surface area contributed by atoms with E-state index in [1.54, 1.807) is 18.2 Å². The molecule has 2 atom stereocenters. The smallest absolute Gasteiger partial charge is 0.287 e. The first-order valence-electron chi connectivity index (χ1n) is 10.9. The van der Waals surface area contributed by atoms with Crippen LogP contribution in [0.25, 0.3) is 0 Å². The van der Waals surface area contributed by atoms with Crippen LogP contribution in [0.15, 0.2) is 71.1 Å². The number of carbonyl (C=O) groups excluding carboxylic acids is 1. The maximum absolute atomic E-state index is 13.5. The van der Waals surface area contributed by atoms with Crippen molar-refractivity contribution in [2.75, 3.05) is 0 Å². The van der Waals surface area contributed by atoms with Crippen LogP contribution in [0.4, 0.5) is 4.39 Å². The topological polar surface area (TPSA) is 46.7 Å². The first kappa shape index (κ1) is 22.8. The number of amides is 1. The number of benzene rings is 2. The molecule has 1 heterocycles. The molecule has 31 heavy (non-hydrogen) atoms. The van der Waals surface area contributed by atoms with E-state index in [9.17, 15) is 9.18 Å². The Bertz CT molecular complexity index is 968. The van der Waals surface area contributed by atoms with Gasteiger partial charge < -0.3 is 14.6 Å². The summed E-state index contributed by atoms with van der Waals surface area (Å²) in [5.74, 6) is 0.666. The van der Waals surface area contributed by atoms with Crippen molar-refractivity contribution in [1.29, 1.82) is 0 Å². The fourth-order valence-corrected chi connectivity index (χ4v) is 3.59. The largest absolute Gasteiger partial charge is 0.450 e. The van der Waals surface area contributed by atoms with E-state index >= 15 is 0 Å². The van der Waals surface area contributed by atoms with Gasteiger partial charge in [-0.1, -0.05) is 42.5 Å². The molecular formula is C26H32FN2O2+. The van der Waals surface area contributed by atoms with Gasteiger partial charge in [0.2, 0.25) is 0 Å². The minimum absolute atomic E-state index is 0.0482. The lowest BCUT2D eigenvalue weighted by Gasteiger charge is -2.22. The lowest BCUT2D eigenvalue weighted by molar-refractivity contribution is -0.949. The Hall–Kier alpha value is -2.92. The third-order valence-electron chi connectivity index (χ3n) is 5.51. The van der Waals surface area contributed by atoms with Crippen molar-refractivity contribution in [1.82, 2.24) is 5.32 Å². The van der Waals surface area contributed by atoms with Crippen LogP contribution in [0, 0.1) is 5.82 Å². The Morgan fingerprint density at radius 2 is 1.71 bits per heavy atom. The molecule has 0 saturated heterocycles. The average Bonchev–Trinajstić information content (AvgIpc) is 3.21. The predicted octanol–water partition coefficient (Wildman–Crippen LogP) is 4.16. The molecule has 0 radical (unpaired) electrons. The van der Waals surface area contributed by atoms with Crippen LogP contribution in [0.2, 0.25) is 0 Å². The van der Waals surface area contributed by atoms with Crippen LogP contribution in [-0.2, 0) is 19.5 Å². The molecule has 0 aliphatic rings. The normalized spacial score (nSPS) is 13.2. The van der Waals surface area contributed by atoms with Crippen molar-refractivity contribution < 1.29 is 18.5 Å². The summed E-state index contributed by atoms with van der Waals surface area (Å²) in [7, 11) is 0. The van der Waals surface area contributed by atoms with Gasteiger partial charge in [-0.05, 0) is 63.4 Å². The lowest BCUT2D eigenvalue weighted by Crippen LogP contribution is -3.12. The number of aryl methyl sites for hydroxylation is 1. The number of furan rings is 1. The van der Waals surface area contributed by atoms with E-state index in [2.05, 4.69) is 31.3 Å². The molecule has 2 N–H and O–H groups in total. The SMILES string of the molecule is CC(C)[NH+](Cc1cccc(F)c1)Cc1ccc(C(=O)N[C@@H](C)CCc2ccccc2)o1. The fraction of sp³-hybridized carbons (Fsp3) is 0.346. The molecule has 0 bridgehead atoms. The van der Waals surface area contributed by atoms with Crippen LogP contribution in [0.5, 0.6) is 0 Å². The first-order valence-corrected chi connectivity index (χ1v) is 10.9. The molecule has 5 heteroatoms. The van der Waals surface area contributed by atoms with Crippen LogP contribution in [0.1, 0.15) is 54.6 Å². The highest BCUT2D eigenvalue weighted by Gasteiger charge is 2.19. The summed E-state index contributed by atoms with van der Waals surface area (Å²) < 4.78 is 19.4. The third-order valence-corrected chi connectivity index (χ3v) is 5.51. The van der Waals surface area contributed by atoms with Crippen LogP contribution >= 0.6 is 0 Å². The van der Waals surface area contributed by atoms with Crippen LogP contribution < -0.4 is 10.2 Å². The van der Waals surface area contributed by atoms with Gasteiger partial charge in [0.1, 0.15) is 18.9 Å². The molecule has 1 aromatic heterocycles. The number of rotatable bonds is 10. The van der Waals surface area contributed by atoms with Crippen LogP contribution in [-0.4, -0.2) is 18.0 Å². The molecule has 0 aliphatic heterocycles. The summed E-state index contributed by atoms with van der Waals surface area (Å²) >= 11 is 0. The summed E-state index contributed by atoms with van der Waals surface area (Å²) in [5, 5.41) is 3.02. The number of hydrogen-bond acceptors (Lipinski definition) is 2. The molecule has 1 amide bonds. The maximum atomic E-state index is 13.5. The summed E-state index contributed by atoms with van der Waals surface area (Å²) in [6.45, 7) is 7.58. The number of carbonyl (C=O) groups is 1. The van der Waals surface area contributed by atoms with E-state index in [0.717, 1.165) is 24.2 Å². The minimum atomic E-state index is -0.223. The first-order chi connectivity index (χ1) is 14.9. The Morgan fingerprint density at radius 3 is 2.42 bits per heavy atom. The summed E-state index contributed by atoms with van der Waals surface area (Å²) in [6.07, 6.45) is 1.78. The van der Waals surface area contributed by atoms with E-state index in [1.165, 1.54) is 16.5 Å². The Morgan fingerprint density at radius 1 is 0.968 bits per heavy atom. The quantitative estimate of drug-likeness (QED) is 0.514. The second-order valence-corrected chi connectivity index (χ2v) is 8.46. The number of quaternary nitrogens is 1. The summed E-state index contributed by atoms with van der Waals surface area (Å²) in [6, 6.07) is 20.9. The van der Waals surface area contributed by atoms with Crippen molar-refractivity contribution in [3.05, 3.63) is 95.2 Å². The Balaban J connectivity index is 1.54. The molecule has 0 fully saturated rings. The van der Waals surface area contributed by atoms with Crippen molar-refractivity contribution in [3.8, 4) is 0 Å². The second-order valence-electron chi connectivity index (χ2n) is 8.46. The van der Waals surface area contributed by atoms with Gasteiger partial charge in [-0.25, -0.2) is 4.39 Å². The average molecular weight is 424 g/mol. The fourth-order valence-electron chi connectivity index (χ4n) is 3.59. The molecule has 0 spiro atoms. The molecule has 4 nitrogen and oxygen atoms in total.